The lowest BCUT2D eigenvalue weighted by Crippen LogP contribution is -2.16. The molecule has 0 fully saturated rings. The van der Waals surface area contributed by atoms with Gasteiger partial charge in [0.15, 0.2) is 0 Å². The molecule has 0 saturated heterocycles. The molecule has 23 heavy (non-hydrogen) atoms. The van der Waals surface area contributed by atoms with Crippen LogP contribution in [0.5, 0.6) is 0 Å². The van der Waals surface area contributed by atoms with Gasteiger partial charge in [-0.3, -0.25) is 5.01 Å². The predicted molar refractivity (Wildman–Crippen MR) is 97.7 cm³/mol. The Morgan fingerprint density at radius 3 is 1.78 bits per heavy atom. The molecule has 2 heteroatoms. The summed E-state index contributed by atoms with van der Waals surface area (Å²) in [6.07, 6.45) is 2.81. The van der Waals surface area contributed by atoms with Crippen molar-refractivity contribution in [3.8, 4) is 0 Å². The second-order valence-electron chi connectivity index (χ2n) is 5.37. The summed E-state index contributed by atoms with van der Waals surface area (Å²) >= 11 is 0. The normalized spacial score (nSPS) is 10.8. The van der Waals surface area contributed by atoms with Gasteiger partial charge in [0.05, 0.1) is 12.2 Å². The SMILES string of the molecule is C(Cc1ccccc1)=NN(Cc1ccccc1)c1ccccc1. The van der Waals surface area contributed by atoms with Crippen LogP contribution in [0, 0.1) is 0 Å². The molecule has 3 rings (SSSR count). The minimum absolute atomic E-state index is 0.760. The van der Waals surface area contributed by atoms with E-state index in [2.05, 4.69) is 60.7 Å². The molecule has 0 radical (unpaired) electrons. The first-order valence-corrected chi connectivity index (χ1v) is 7.85. The van der Waals surface area contributed by atoms with Gasteiger partial charge in [-0.25, -0.2) is 0 Å². The fourth-order valence-corrected chi connectivity index (χ4v) is 2.41. The molecule has 0 unspecified atom stereocenters. The molecule has 0 aliphatic carbocycles. The van der Waals surface area contributed by atoms with Gasteiger partial charge in [-0.05, 0) is 23.3 Å². The zero-order chi connectivity index (χ0) is 15.7. The second kappa shape index (κ2) is 7.95. The molecule has 2 nitrogen and oxygen atoms in total. The number of para-hydroxylation sites is 1. The van der Waals surface area contributed by atoms with Crippen LogP contribution in [0.3, 0.4) is 0 Å². The summed E-state index contributed by atoms with van der Waals surface area (Å²) in [5.74, 6) is 0. The predicted octanol–water partition coefficient (Wildman–Crippen LogP) is 4.92. The third-order valence-corrected chi connectivity index (χ3v) is 3.62. The third-order valence-electron chi connectivity index (χ3n) is 3.62. The molecule has 114 valence electrons. The summed E-state index contributed by atoms with van der Waals surface area (Å²) in [4.78, 5) is 0. The molecule has 0 heterocycles. The van der Waals surface area contributed by atoms with Crippen LogP contribution in [0.2, 0.25) is 0 Å². The van der Waals surface area contributed by atoms with Gasteiger partial charge in [0.25, 0.3) is 0 Å². The fraction of sp³-hybridized carbons (Fsp3) is 0.0952. The summed E-state index contributed by atoms with van der Waals surface area (Å²) in [5, 5.41) is 6.73. The summed E-state index contributed by atoms with van der Waals surface area (Å²) < 4.78 is 0. The van der Waals surface area contributed by atoms with Gasteiger partial charge in [0, 0.05) is 12.6 Å². The lowest BCUT2D eigenvalue weighted by molar-refractivity contribution is 0.856. The monoisotopic (exact) mass is 300 g/mol. The van der Waals surface area contributed by atoms with E-state index in [0.29, 0.717) is 0 Å². The number of hydrogen-bond donors (Lipinski definition) is 0. The van der Waals surface area contributed by atoms with Gasteiger partial charge in [0.2, 0.25) is 0 Å². The number of anilines is 1. The highest BCUT2D eigenvalue weighted by atomic mass is 15.4. The summed E-state index contributed by atoms with van der Waals surface area (Å²) in [6, 6.07) is 31.1. The summed E-state index contributed by atoms with van der Waals surface area (Å²) in [5.41, 5.74) is 3.61. The molecule has 3 aromatic carbocycles. The Balaban J connectivity index is 1.75. The Morgan fingerprint density at radius 1 is 0.652 bits per heavy atom. The molecule has 0 aliphatic heterocycles. The van der Waals surface area contributed by atoms with E-state index in [1.54, 1.807) is 0 Å². The molecule has 0 amide bonds. The van der Waals surface area contributed by atoms with Crippen LogP contribution in [-0.4, -0.2) is 6.21 Å². The van der Waals surface area contributed by atoms with Gasteiger partial charge >= 0.3 is 0 Å². The molecule has 0 atom stereocenters. The molecule has 0 spiro atoms. The number of rotatable bonds is 6. The molecule has 0 aromatic heterocycles. The van der Waals surface area contributed by atoms with Crippen molar-refractivity contribution in [2.24, 2.45) is 5.10 Å². The number of hydrazone groups is 1. The van der Waals surface area contributed by atoms with Crippen molar-refractivity contribution in [3.05, 3.63) is 102 Å². The van der Waals surface area contributed by atoms with E-state index in [0.717, 1.165) is 18.7 Å². The summed E-state index contributed by atoms with van der Waals surface area (Å²) in [7, 11) is 0. The zero-order valence-electron chi connectivity index (χ0n) is 13.0. The van der Waals surface area contributed by atoms with Crippen LogP contribution in [-0.2, 0) is 13.0 Å². The zero-order valence-corrected chi connectivity index (χ0v) is 13.0. The molecule has 0 saturated carbocycles. The Hall–Kier alpha value is -2.87. The maximum atomic E-state index is 4.69. The van der Waals surface area contributed by atoms with Crippen LogP contribution in [0.1, 0.15) is 11.1 Å². The number of benzene rings is 3. The number of nitrogens with zero attached hydrogens (tertiary/aromatic N) is 2. The van der Waals surface area contributed by atoms with E-state index in [1.807, 2.05) is 41.6 Å². The van der Waals surface area contributed by atoms with Crippen molar-refractivity contribution in [1.29, 1.82) is 0 Å². The molecular formula is C21H20N2. The average Bonchev–Trinajstić information content (AvgIpc) is 2.63. The minimum atomic E-state index is 0.760. The largest absolute Gasteiger partial charge is 0.261 e. The number of hydrogen-bond acceptors (Lipinski definition) is 2. The lowest BCUT2D eigenvalue weighted by atomic mass is 10.2. The van der Waals surface area contributed by atoms with Crippen molar-refractivity contribution in [1.82, 2.24) is 0 Å². The van der Waals surface area contributed by atoms with Crippen molar-refractivity contribution < 1.29 is 0 Å². The Kier molecular flexibility index (Phi) is 5.20. The topological polar surface area (TPSA) is 15.6 Å². The third kappa shape index (κ3) is 4.55. The van der Waals surface area contributed by atoms with E-state index >= 15 is 0 Å². The Morgan fingerprint density at radius 2 is 1.17 bits per heavy atom. The van der Waals surface area contributed by atoms with Crippen LogP contribution in [0.25, 0.3) is 0 Å². The van der Waals surface area contributed by atoms with Gasteiger partial charge in [-0.2, -0.15) is 5.10 Å². The van der Waals surface area contributed by atoms with Gasteiger partial charge in [-0.1, -0.05) is 78.9 Å². The highest BCUT2D eigenvalue weighted by Gasteiger charge is 2.04. The van der Waals surface area contributed by atoms with Crippen molar-refractivity contribution in [2.75, 3.05) is 5.01 Å². The molecule has 0 bridgehead atoms. The van der Waals surface area contributed by atoms with Crippen LogP contribution in [0.4, 0.5) is 5.69 Å². The van der Waals surface area contributed by atoms with Crippen LogP contribution < -0.4 is 5.01 Å². The van der Waals surface area contributed by atoms with Crippen molar-refractivity contribution >= 4 is 11.9 Å². The summed E-state index contributed by atoms with van der Waals surface area (Å²) in [6.45, 7) is 0.760. The van der Waals surface area contributed by atoms with E-state index < -0.39 is 0 Å². The Bertz CT molecular complexity index is 722. The van der Waals surface area contributed by atoms with Gasteiger partial charge in [-0.15, -0.1) is 0 Å². The maximum Gasteiger partial charge on any atom is 0.0666 e. The first kappa shape index (κ1) is 15.0. The van der Waals surface area contributed by atoms with Crippen LogP contribution >= 0.6 is 0 Å². The van der Waals surface area contributed by atoms with Crippen molar-refractivity contribution in [3.63, 3.8) is 0 Å². The average molecular weight is 300 g/mol. The van der Waals surface area contributed by atoms with Gasteiger partial charge in [0.1, 0.15) is 0 Å². The van der Waals surface area contributed by atoms with Gasteiger partial charge < -0.3 is 0 Å². The smallest absolute Gasteiger partial charge is 0.0666 e. The second-order valence-corrected chi connectivity index (χ2v) is 5.37. The highest BCUT2D eigenvalue weighted by Crippen LogP contribution is 2.17. The highest BCUT2D eigenvalue weighted by molar-refractivity contribution is 5.63. The standard InChI is InChI=1S/C21H20N2/c1-4-10-19(11-5-1)16-17-22-23(21-14-8-3-9-15-21)18-20-12-6-2-7-13-20/h1-15,17H,16,18H2. The molecule has 3 aromatic rings. The first-order valence-electron chi connectivity index (χ1n) is 7.85. The quantitative estimate of drug-likeness (QED) is 0.466. The minimum Gasteiger partial charge on any atom is -0.261 e. The first-order chi connectivity index (χ1) is 11.4. The fourth-order valence-electron chi connectivity index (χ4n) is 2.41. The molecule has 0 aliphatic rings. The van der Waals surface area contributed by atoms with Crippen LogP contribution in [0.15, 0.2) is 96.1 Å². The lowest BCUT2D eigenvalue weighted by Gasteiger charge is -2.19. The van der Waals surface area contributed by atoms with E-state index in [4.69, 9.17) is 5.10 Å². The van der Waals surface area contributed by atoms with E-state index in [1.165, 1.54) is 11.1 Å². The maximum absolute atomic E-state index is 4.69. The van der Waals surface area contributed by atoms with E-state index in [9.17, 15) is 0 Å². The van der Waals surface area contributed by atoms with E-state index in [-0.39, 0.29) is 0 Å². The Labute approximate surface area is 137 Å². The molecule has 0 N–H and O–H groups in total. The molecular weight excluding hydrogens is 280 g/mol. The van der Waals surface area contributed by atoms with Crippen molar-refractivity contribution in [2.45, 2.75) is 13.0 Å².